The lowest BCUT2D eigenvalue weighted by Gasteiger charge is -2.19. The maximum Gasteiger partial charge on any atom is 0.417 e. The third-order valence-electron chi connectivity index (χ3n) is 5.19. The minimum Gasteiger partial charge on any atom is -0.481 e. The first-order chi connectivity index (χ1) is 14.6. The quantitative estimate of drug-likeness (QED) is 0.640. The second kappa shape index (κ2) is 7.19. The molecule has 1 saturated carbocycles. The zero-order chi connectivity index (χ0) is 22.4. The molecule has 0 radical (unpaired) electrons. The Labute approximate surface area is 175 Å². The highest BCUT2D eigenvalue weighted by atomic mass is 32.2. The lowest BCUT2D eigenvalue weighted by Crippen LogP contribution is -2.39. The van der Waals surface area contributed by atoms with Crippen molar-refractivity contribution >= 4 is 26.8 Å². The van der Waals surface area contributed by atoms with Crippen LogP contribution in [0.1, 0.15) is 24.0 Å². The van der Waals surface area contributed by atoms with Crippen molar-refractivity contribution in [3.05, 3.63) is 59.9 Å². The zero-order valence-electron chi connectivity index (χ0n) is 16.1. The lowest BCUT2D eigenvalue weighted by atomic mass is 9.95. The van der Waals surface area contributed by atoms with Gasteiger partial charge in [0.1, 0.15) is 0 Å². The highest BCUT2D eigenvalue weighted by molar-refractivity contribution is 7.90. The zero-order valence-corrected chi connectivity index (χ0v) is 16.9. The van der Waals surface area contributed by atoms with Crippen LogP contribution in [0.15, 0.2) is 53.7 Å². The Kier molecular flexibility index (Phi) is 4.88. The summed E-state index contributed by atoms with van der Waals surface area (Å²) in [5, 5.41) is 0.313. The van der Waals surface area contributed by atoms with E-state index in [1.54, 1.807) is 18.2 Å². The molecule has 11 heteroatoms. The Morgan fingerprint density at radius 2 is 1.90 bits per heavy atom. The largest absolute Gasteiger partial charge is 0.481 e. The standard InChI is InChI=1S/C20H16F3N3O4S/c1-30-17-14(10-12(11-25-17)20(21,22)23)19(7-8-19)18(27)26-31(28,29)16-6-2-5-15-13(16)4-3-9-24-15/h2-6,9-11H,7-8H2,1H3,(H,26,27). The van der Waals surface area contributed by atoms with Gasteiger partial charge in [-0.05, 0) is 43.2 Å². The number of sulfonamides is 1. The number of hydrogen-bond acceptors (Lipinski definition) is 6. The summed E-state index contributed by atoms with van der Waals surface area (Å²) in [4.78, 5) is 20.6. The second-order valence-corrected chi connectivity index (χ2v) is 8.77. The van der Waals surface area contributed by atoms with E-state index in [0.717, 1.165) is 6.07 Å². The van der Waals surface area contributed by atoms with Crippen molar-refractivity contribution in [1.82, 2.24) is 14.7 Å². The fourth-order valence-corrected chi connectivity index (χ4v) is 4.71. The predicted octanol–water partition coefficient (Wildman–Crippen LogP) is 3.19. The van der Waals surface area contributed by atoms with Crippen LogP contribution in [0.25, 0.3) is 10.9 Å². The maximum atomic E-state index is 13.2. The highest BCUT2D eigenvalue weighted by Gasteiger charge is 2.55. The van der Waals surface area contributed by atoms with Crippen molar-refractivity contribution in [3.63, 3.8) is 0 Å². The molecule has 7 nitrogen and oxygen atoms in total. The number of nitrogens with zero attached hydrogens (tertiary/aromatic N) is 2. The van der Waals surface area contributed by atoms with Crippen molar-refractivity contribution in [1.29, 1.82) is 0 Å². The number of benzene rings is 1. The monoisotopic (exact) mass is 451 g/mol. The van der Waals surface area contributed by atoms with Crippen molar-refractivity contribution in [2.24, 2.45) is 0 Å². The van der Waals surface area contributed by atoms with Gasteiger partial charge in [-0.3, -0.25) is 9.78 Å². The molecule has 0 aliphatic heterocycles. The van der Waals surface area contributed by atoms with Crippen LogP contribution < -0.4 is 9.46 Å². The number of rotatable bonds is 5. The van der Waals surface area contributed by atoms with Crippen LogP contribution in [-0.4, -0.2) is 31.4 Å². The van der Waals surface area contributed by atoms with E-state index in [1.807, 2.05) is 4.72 Å². The normalized spacial score (nSPS) is 15.5. The van der Waals surface area contributed by atoms with Gasteiger partial charge in [0.05, 0.1) is 28.5 Å². The Hall–Kier alpha value is -3.21. The topological polar surface area (TPSA) is 98.2 Å². The smallest absolute Gasteiger partial charge is 0.417 e. The summed E-state index contributed by atoms with van der Waals surface area (Å²) in [7, 11) is -3.10. The van der Waals surface area contributed by atoms with Gasteiger partial charge in [-0.15, -0.1) is 0 Å². The molecule has 0 bridgehead atoms. The predicted molar refractivity (Wildman–Crippen MR) is 104 cm³/mol. The first-order valence-corrected chi connectivity index (χ1v) is 10.6. The van der Waals surface area contributed by atoms with Crippen molar-refractivity contribution in [3.8, 4) is 5.88 Å². The summed E-state index contributed by atoms with van der Waals surface area (Å²) >= 11 is 0. The molecule has 4 rings (SSSR count). The molecular formula is C20H16F3N3O4S. The van der Waals surface area contributed by atoms with Crippen LogP contribution >= 0.6 is 0 Å². The van der Waals surface area contributed by atoms with E-state index in [1.165, 1.54) is 25.4 Å². The number of amides is 1. The molecule has 1 aliphatic carbocycles. The molecule has 0 saturated heterocycles. The number of hydrogen-bond donors (Lipinski definition) is 1. The van der Waals surface area contributed by atoms with Gasteiger partial charge in [-0.1, -0.05) is 6.07 Å². The Bertz CT molecular complexity index is 1280. The van der Waals surface area contributed by atoms with Gasteiger partial charge in [0, 0.05) is 23.3 Å². The molecule has 1 fully saturated rings. The van der Waals surface area contributed by atoms with E-state index in [2.05, 4.69) is 9.97 Å². The summed E-state index contributed by atoms with van der Waals surface area (Å²) in [5.74, 6) is -1.10. The first kappa shape index (κ1) is 21.0. The van der Waals surface area contributed by atoms with Gasteiger partial charge in [-0.25, -0.2) is 18.1 Å². The Balaban J connectivity index is 1.72. The number of pyridine rings is 2. The molecule has 162 valence electrons. The Morgan fingerprint density at radius 3 is 2.55 bits per heavy atom. The fourth-order valence-electron chi connectivity index (χ4n) is 3.44. The number of fused-ring (bicyclic) bond motifs is 1. The van der Waals surface area contributed by atoms with Crippen LogP contribution in [0.3, 0.4) is 0 Å². The van der Waals surface area contributed by atoms with E-state index < -0.39 is 33.1 Å². The van der Waals surface area contributed by atoms with Gasteiger partial charge >= 0.3 is 6.18 Å². The van der Waals surface area contributed by atoms with Crippen molar-refractivity contribution in [2.75, 3.05) is 7.11 Å². The number of halogens is 3. The molecule has 2 aromatic heterocycles. The molecule has 1 aromatic carbocycles. The molecule has 31 heavy (non-hydrogen) atoms. The number of methoxy groups -OCH3 is 1. The summed E-state index contributed by atoms with van der Waals surface area (Å²) in [6, 6.07) is 8.33. The van der Waals surface area contributed by atoms with E-state index in [9.17, 15) is 26.4 Å². The van der Waals surface area contributed by atoms with Gasteiger partial charge in [-0.2, -0.15) is 13.2 Å². The summed E-state index contributed by atoms with van der Waals surface area (Å²) in [6.45, 7) is 0. The average molecular weight is 451 g/mol. The first-order valence-electron chi connectivity index (χ1n) is 9.11. The SMILES string of the molecule is COc1ncc(C(F)(F)F)cc1C1(C(=O)NS(=O)(=O)c2cccc3ncccc23)CC1. The second-order valence-electron chi connectivity index (χ2n) is 7.12. The molecule has 3 aromatic rings. The van der Waals surface area contributed by atoms with Crippen molar-refractivity contribution < 1.29 is 31.1 Å². The number of aromatic nitrogens is 2. The van der Waals surface area contributed by atoms with Gasteiger partial charge in [0.2, 0.25) is 11.8 Å². The maximum absolute atomic E-state index is 13.2. The molecule has 0 atom stereocenters. The van der Waals surface area contributed by atoms with E-state index in [-0.39, 0.29) is 29.2 Å². The van der Waals surface area contributed by atoms with Gasteiger partial charge < -0.3 is 4.74 Å². The average Bonchev–Trinajstić information content (AvgIpc) is 3.54. The fraction of sp³-hybridized carbons (Fsp3) is 0.250. The Morgan fingerprint density at radius 1 is 1.16 bits per heavy atom. The van der Waals surface area contributed by atoms with Crippen LogP contribution in [0.4, 0.5) is 13.2 Å². The van der Waals surface area contributed by atoms with Crippen LogP contribution in [0, 0.1) is 0 Å². The molecular weight excluding hydrogens is 435 g/mol. The third kappa shape index (κ3) is 3.69. The molecule has 1 amide bonds. The van der Waals surface area contributed by atoms with E-state index in [4.69, 9.17) is 4.74 Å². The third-order valence-corrected chi connectivity index (χ3v) is 6.58. The molecule has 0 unspecified atom stereocenters. The number of nitrogens with one attached hydrogen (secondary N) is 1. The van der Waals surface area contributed by atoms with E-state index >= 15 is 0 Å². The minimum absolute atomic E-state index is 0.0999. The van der Waals surface area contributed by atoms with Crippen LogP contribution in [0.2, 0.25) is 0 Å². The number of ether oxygens (including phenoxy) is 1. The minimum atomic E-state index is -4.68. The van der Waals surface area contributed by atoms with Crippen molar-refractivity contribution in [2.45, 2.75) is 29.3 Å². The molecule has 1 N–H and O–H groups in total. The summed E-state index contributed by atoms with van der Waals surface area (Å²) < 4.78 is 72.5. The molecule has 1 aliphatic rings. The van der Waals surface area contributed by atoms with Crippen LogP contribution in [0.5, 0.6) is 5.88 Å². The highest BCUT2D eigenvalue weighted by Crippen LogP contribution is 2.52. The summed E-state index contributed by atoms with van der Waals surface area (Å²) in [5.41, 5.74) is -2.21. The number of alkyl halides is 3. The number of carbonyl (C=O) groups excluding carboxylic acids is 1. The number of carbonyl (C=O) groups is 1. The molecule has 0 spiro atoms. The van der Waals surface area contributed by atoms with Gasteiger partial charge in [0.25, 0.3) is 10.0 Å². The molecule has 2 heterocycles. The summed E-state index contributed by atoms with van der Waals surface area (Å²) in [6.07, 6.45) is -2.25. The van der Waals surface area contributed by atoms with E-state index in [0.29, 0.717) is 17.1 Å². The van der Waals surface area contributed by atoms with Gasteiger partial charge in [0.15, 0.2) is 0 Å². The van der Waals surface area contributed by atoms with Crippen LogP contribution in [-0.2, 0) is 26.4 Å². The lowest BCUT2D eigenvalue weighted by molar-refractivity contribution is -0.138.